The van der Waals surface area contributed by atoms with Crippen LogP contribution >= 0.6 is 0 Å². The molecule has 0 saturated heterocycles. The molecule has 0 saturated carbocycles. The van der Waals surface area contributed by atoms with E-state index in [-0.39, 0.29) is 5.76 Å². The molecule has 0 fully saturated rings. The number of rotatable bonds is 7. The van der Waals surface area contributed by atoms with Gasteiger partial charge in [0.1, 0.15) is 5.58 Å². The summed E-state index contributed by atoms with van der Waals surface area (Å²) >= 11 is 0. The van der Waals surface area contributed by atoms with Crippen molar-refractivity contribution in [3.05, 3.63) is 35.6 Å². The van der Waals surface area contributed by atoms with Gasteiger partial charge in [-0.05, 0) is 18.5 Å². The van der Waals surface area contributed by atoms with Gasteiger partial charge in [0.15, 0.2) is 0 Å². The molecule has 20 heavy (non-hydrogen) atoms. The Morgan fingerprint density at radius 3 is 2.65 bits per heavy atom. The Morgan fingerprint density at radius 2 is 2.00 bits per heavy atom. The number of fused-ring (bicyclic) bond motifs is 1. The van der Waals surface area contributed by atoms with Gasteiger partial charge >= 0.3 is 5.97 Å². The van der Waals surface area contributed by atoms with E-state index in [1.165, 1.54) is 0 Å². The van der Waals surface area contributed by atoms with E-state index in [1.54, 1.807) is 6.07 Å². The van der Waals surface area contributed by atoms with E-state index in [0.717, 1.165) is 30.3 Å². The van der Waals surface area contributed by atoms with Crippen LogP contribution in [0.5, 0.6) is 0 Å². The maximum Gasteiger partial charge on any atom is 0.372 e. The fourth-order valence-electron chi connectivity index (χ4n) is 2.43. The molecular formula is C16H21NO3. The lowest BCUT2D eigenvalue weighted by Gasteiger charge is -2.13. The first-order chi connectivity index (χ1) is 9.67. The van der Waals surface area contributed by atoms with Crippen molar-refractivity contribution >= 4 is 16.9 Å². The molecule has 0 spiro atoms. The van der Waals surface area contributed by atoms with Crippen molar-refractivity contribution in [2.24, 2.45) is 5.92 Å². The van der Waals surface area contributed by atoms with Gasteiger partial charge < -0.3 is 14.8 Å². The van der Waals surface area contributed by atoms with E-state index >= 15 is 0 Å². The van der Waals surface area contributed by atoms with Gasteiger partial charge in [0.2, 0.25) is 5.76 Å². The summed E-state index contributed by atoms with van der Waals surface area (Å²) in [5.74, 6) is -0.342. The first-order valence-corrected chi connectivity index (χ1v) is 7.11. The van der Waals surface area contributed by atoms with Crippen molar-refractivity contribution in [2.75, 3.05) is 6.54 Å². The molecule has 4 heteroatoms. The topological polar surface area (TPSA) is 62.5 Å². The normalized spacial score (nSPS) is 11.3. The predicted molar refractivity (Wildman–Crippen MR) is 79.0 cm³/mol. The lowest BCUT2D eigenvalue weighted by atomic mass is 10.0. The number of para-hydroxylation sites is 1. The zero-order chi connectivity index (χ0) is 14.5. The Hall–Kier alpha value is -1.81. The number of carboxylic acid groups (broad SMARTS) is 1. The molecule has 0 atom stereocenters. The molecule has 0 amide bonds. The summed E-state index contributed by atoms with van der Waals surface area (Å²) in [5, 5.41) is 13.5. The molecule has 0 aliphatic rings. The minimum Gasteiger partial charge on any atom is -0.475 e. The minimum atomic E-state index is -1.01. The lowest BCUT2D eigenvalue weighted by Crippen LogP contribution is -2.22. The highest BCUT2D eigenvalue weighted by atomic mass is 16.4. The fraction of sp³-hybridized carbons (Fsp3) is 0.438. The van der Waals surface area contributed by atoms with Crippen LogP contribution in [0.4, 0.5) is 0 Å². The first-order valence-electron chi connectivity index (χ1n) is 7.11. The highest BCUT2D eigenvalue weighted by molar-refractivity contribution is 5.95. The van der Waals surface area contributed by atoms with Gasteiger partial charge in [0, 0.05) is 17.5 Å². The highest BCUT2D eigenvalue weighted by Gasteiger charge is 2.19. The smallest absolute Gasteiger partial charge is 0.372 e. The summed E-state index contributed by atoms with van der Waals surface area (Å²) in [6, 6.07) is 7.44. The average Bonchev–Trinajstić information content (AvgIpc) is 2.83. The quantitative estimate of drug-likeness (QED) is 0.809. The fourth-order valence-corrected chi connectivity index (χ4v) is 2.43. The highest BCUT2D eigenvalue weighted by Crippen LogP contribution is 2.25. The van der Waals surface area contributed by atoms with E-state index in [0.29, 0.717) is 18.0 Å². The Balaban J connectivity index is 2.19. The third-order valence-electron chi connectivity index (χ3n) is 3.78. The van der Waals surface area contributed by atoms with Gasteiger partial charge in [0.05, 0.1) is 0 Å². The van der Waals surface area contributed by atoms with Crippen molar-refractivity contribution in [3.63, 3.8) is 0 Å². The number of aromatic carboxylic acids is 1. The lowest BCUT2D eigenvalue weighted by molar-refractivity contribution is 0.0663. The van der Waals surface area contributed by atoms with E-state index in [1.807, 2.05) is 18.2 Å². The molecule has 2 aromatic rings. The van der Waals surface area contributed by atoms with Crippen LogP contribution in [0.3, 0.4) is 0 Å². The van der Waals surface area contributed by atoms with E-state index in [4.69, 9.17) is 4.42 Å². The summed E-state index contributed by atoms with van der Waals surface area (Å²) in [6.07, 6.45) is 2.25. The van der Waals surface area contributed by atoms with E-state index in [2.05, 4.69) is 19.2 Å². The molecule has 108 valence electrons. The number of carboxylic acids is 1. The summed E-state index contributed by atoms with van der Waals surface area (Å²) < 4.78 is 5.43. The minimum absolute atomic E-state index is 0.0447. The Morgan fingerprint density at radius 1 is 1.30 bits per heavy atom. The Kier molecular flexibility index (Phi) is 4.79. The molecule has 1 heterocycles. The van der Waals surface area contributed by atoms with Crippen LogP contribution in [0.15, 0.2) is 28.7 Å². The predicted octanol–water partition coefficient (Wildman–Crippen LogP) is 3.66. The second kappa shape index (κ2) is 6.57. The van der Waals surface area contributed by atoms with Gasteiger partial charge in [0.25, 0.3) is 0 Å². The van der Waals surface area contributed by atoms with Crippen LogP contribution in [-0.2, 0) is 6.54 Å². The van der Waals surface area contributed by atoms with Crippen LogP contribution < -0.4 is 5.32 Å². The van der Waals surface area contributed by atoms with Crippen molar-refractivity contribution < 1.29 is 14.3 Å². The monoisotopic (exact) mass is 275 g/mol. The third-order valence-corrected chi connectivity index (χ3v) is 3.78. The average molecular weight is 275 g/mol. The standard InChI is InChI=1S/C16H21NO3/c1-3-11(4-2)9-17-10-13-12-7-5-6-8-14(12)20-15(13)16(18)19/h5-8,11,17H,3-4,9-10H2,1-2H3,(H,18,19). The summed E-state index contributed by atoms with van der Waals surface area (Å²) in [4.78, 5) is 11.3. The molecule has 0 aliphatic carbocycles. The molecule has 4 nitrogen and oxygen atoms in total. The largest absolute Gasteiger partial charge is 0.475 e. The molecule has 1 aromatic heterocycles. The molecule has 1 aromatic carbocycles. The number of hydrogen-bond donors (Lipinski definition) is 2. The molecule has 0 bridgehead atoms. The number of nitrogens with one attached hydrogen (secondary N) is 1. The van der Waals surface area contributed by atoms with Crippen LogP contribution in [0.1, 0.15) is 42.8 Å². The summed E-state index contributed by atoms with van der Waals surface area (Å²) in [6.45, 7) is 5.76. The second-order valence-electron chi connectivity index (χ2n) is 5.02. The number of benzene rings is 1. The number of carbonyl (C=O) groups is 1. The Bertz CT molecular complexity index is 584. The molecule has 0 unspecified atom stereocenters. The number of furan rings is 1. The maximum absolute atomic E-state index is 11.3. The summed E-state index contributed by atoms with van der Waals surface area (Å²) in [5.41, 5.74) is 1.36. The van der Waals surface area contributed by atoms with Gasteiger partial charge in [-0.15, -0.1) is 0 Å². The van der Waals surface area contributed by atoms with Crippen molar-refractivity contribution in [1.29, 1.82) is 0 Å². The zero-order valence-corrected chi connectivity index (χ0v) is 12.0. The van der Waals surface area contributed by atoms with Gasteiger partial charge in [-0.25, -0.2) is 4.79 Å². The van der Waals surface area contributed by atoms with E-state index < -0.39 is 5.97 Å². The van der Waals surface area contributed by atoms with Gasteiger partial charge in [-0.3, -0.25) is 0 Å². The second-order valence-corrected chi connectivity index (χ2v) is 5.02. The summed E-state index contributed by atoms with van der Waals surface area (Å²) in [7, 11) is 0. The van der Waals surface area contributed by atoms with Crippen LogP contribution in [0.2, 0.25) is 0 Å². The van der Waals surface area contributed by atoms with Crippen LogP contribution in [0, 0.1) is 5.92 Å². The van der Waals surface area contributed by atoms with Crippen molar-refractivity contribution in [2.45, 2.75) is 33.2 Å². The first kappa shape index (κ1) is 14.6. The molecular weight excluding hydrogens is 254 g/mol. The van der Waals surface area contributed by atoms with Crippen molar-refractivity contribution in [3.8, 4) is 0 Å². The molecule has 2 rings (SSSR count). The zero-order valence-electron chi connectivity index (χ0n) is 12.0. The number of hydrogen-bond acceptors (Lipinski definition) is 3. The maximum atomic E-state index is 11.3. The third kappa shape index (κ3) is 3.02. The van der Waals surface area contributed by atoms with Crippen LogP contribution in [-0.4, -0.2) is 17.6 Å². The van der Waals surface area contributed by atoms with E-state index in [9.17, 15) is 9.90 Å². The van der Waals surface area contributed by atoms with Crippen molar-refractivity contribution in [1.82, 2.24) is 5.32 Å². The van der Waals surface area contributed by atoms with Gasteiger partial charge in [-0.1, -0.05) is 44.9 Å². The SMILES string of the molecule is CCC(CC)CNCc1c(C(=O)O)oc2ccccc12. The molecule has 0 radical (unpaired) electrons. The molecule has 2 N–H and O–H groups in total. The molecule has 0 aliphatic heterocycles. The van der Waals surface area contributed by atoms with Gasteiger partial charge in [-0.2, -0.15) is 0 Å². The Labute approximate surface area is 118 Å². The van der Waals surface area contributed by atoms with Crippen LogP contribution in [0.25, 0.3) is 11.0 Å².